The first-order valence-corrected chi connectivity index (χ1v) is 18.3. The van der Waals surface area contributed by atoms with E-state index in [0.717, 1.165) is 107 Å². The zero-order chi connectivity index (χ0) is 34.8. The lowest BCUT2D eigenvalue weighted by Crippen LogP contribution is -2.59. The zero-order valence-electron chi connectivity index (χ0n) is 28.4. The van der Waals surface area contributed by atoms with Crippen LogP contribution in [0.3, 0.4) is 0 Å². The Morgan fingerprint density at radius 2 is 1.20 bits per heavy atom. The number of furan rings is 1. The highest BCUT2D eigenvalue weighted by Crippen LogP contribution is 2.56. The van der Waals surface area contributed by atoms with Crippen LogP contribution in [0.15, 0.2) is 144 Å². The highest BCUT2D eigenvalue weighted by Gasteiger charge is 2.50. The van der Waals surface area contributed by atoms with E-state index < -0.39 is 0 Å². The molecule has 7 nitrogen and oxygen atoms in total. The summed E-state index contributed by atoms with van der Waals surface area (Å²) in [6.07, 6.45) is -0.230. The van der Waals surface area contributed by atoms with Crippen molar-refractivity contribution in [3.63, 3.8) is 0 Å². The van der Waals surface area contributed by atoms with Crippen molar-refractivity contribution in [1.82, 2.24) is 4.57 Å². The smallest absolute Gasteiger partial charge is 0.270 e. The molecule has 54 heavy (non-hydrogen) atoms. The van der Waals surface area contributed by atoms with E-state index in [4.69, 9.17) is 23.4 Å². The molecule has 7 aromatic carbocycles. The Balaban J connectivity index is 0.989. The first kappa shape index (κ1) is 27.6. The molecule has 0 N–H and O–H groups in total. The van der Waals surface area contributed by atoms with Gasteiger partial charge in [-0.2, -0.15) is 0 Å². The minimum absolute atomic E-state index is 0.0927. The molecule has 0 aliphatic carbocycles. The van der Waals surface area contributed by atoms with Crippen LogP contribution in [0, 0.1) is 0 Å². The van der Waals surface area contributed by atoms with Gasteiger partial charge < -0.3 is 28.3 Å². The number of para-hydroxylation sites is 4. The van der Waals surface area contributed by atoms with Crippen molar-refractivity contribution in [2.24, 2.45) is 0 Å². The van der Waals surface area contributed by atoms with Crippen LogP contribution in [-0.4, -0.2) is 17.5 Å². The number of hydrogen-bond donors (Lipinski definition) is 0. The molecular formula is C46H25BN2O5. The maximum Gasteiger partial charge on any atom is 0.270 e. The van der Waals surface area contributed by atoms with Crippen molar-refractivity contribution in [3.05, 3.63) is 151 Å². The summed E-state index contributed by atoms with van der Waals surface area (Å²) in [6.45, 7) is -0.157. The third kappa shape index (κ3) is 3.23. The number of ether oxygens (including phenoxy) is 4. The van der Waals surface area contributed by atoms with Crippen LogP contribution in [-0.2, 0) is 0 Å². The molecule has 0 amide bonds. The summed E-state index contributed by atoms with van der Waals surface area (Å²) in [5.41, 5.74) is 11.1. The Morgan fingerprint density at radius 3 is 2.09 bits per heavy atom. The average Bonchev–Trinajstić information content (AvgIpc) is 3.94. The normalized spacial score (nSPS) is 17.4. The van der Waals surface area contributed by atoms with E-state index >= 15 is 0 Å². The average molecular weight is 697 g/mol. The molecule has 0 spiro atoms. The summed E-state index contributed by atoms with van der Waals surface area (Å²) >= 11 is 0. The van der Waals surface area contributed by atoms with E-state index in [1.54, 1.807) is 0 Å². The van der Waals surface area contributed by atoms with Gasteiger partial charge in [0.05, 0.1) is 28.2 Å². The van der Waals surface area contributed by atoms with Gasteiger partial charge in [-0.25, -0.2) is 0 Å². The van der Waals surface area contributed by atoms with Crippen molar-refractivity contribution < 1.29 is 23.4 Å². The second-order valence-corrected chi connectivity index (χ2v) is 14.7. The van der Waals surface area contributed by atoms with Crippen molar-refractivity contribution in [2.75, 3.05) is 4.90 Å². The first-order chi connectivity index (χ1) is 26.8. The predicted molar refractivity (Wildman–Crippen MR) is 210 cm³/mol. The summed E-state index contributed by atoms with van der Waals surface area (Å²) in [4.78, 5) is 2.30. The van der Waals surface area contributed by atoms with E-state index in [-0.39, 0.29) is 18.9 Å². The van der Waals surface area contributed by atoms with E-state index in [1.165, 1.54) is 11.1 Å². The molecule has 0 bridgehead atoms. The molecule has 5 aliphatic heterocycles. The van der Waals surface area contributed by atoms with Gasteiger partial charge in [-0.15, -0.1) is 0 Å². The van der Waals surface area contributed by atoms with Gasteiger partial charge in [-0.3, -0.25) is 4.57 Å². The Bertz CT molecular complexity index is 3160. The molecule has 0 saturated carbocycles. The summed E-state index contributed by atoms with van der Waals surface area (Å²) in [5.74, 6) is 5.63. The largest absolute Gasteiger partial charge is 0.469 e. The number of hydrogen-bond acceptors (Lipinski definition) is 6. The molecule has 8 heteroatoms. The molecule has 2 unspecified atom stereocenters. The zero-order valence-corrected chi connectivity index (χ0v) is 28.4. The number of anilines is 2. The predicted octanol–water partition coefficient (Wildman–Crippen LogP) is 9.37. The summed E-state index contributed by atoms with van der Waals surface area (Å²) in [5, 5.41) is 3.31. The monoisotopic (exact) mass is 696 g/mol. The van der Waals surface area contributed by atoms with Crippen molar-refractivity contribution >= 4 is 67.4 Å². The number of aromatic nitrogens is 1. The fourth-order valence-electron chi connectivity index (χ4n) is 9.95. The number of fused-ring (bicyclic) bond motifs is 10. The van der Waals surface area contributed by atoms with E-state index in [0.29, 0.717) is 0 Å². The molecule has 14 rings (SSSR count). The second-order valence-electron chi connectivity index (χ2n) is 14.7. The van der Waals surface area contributed by atoms with Crippen LogP contribution in [0.25, 0.3) is 38.7 Å². The molecule has 0 radical (unpaired) electrons. The Kier molecular flexibility index (Phi) is 4.84. The highest BCUT2D eigenvalue weighted by molar-refractivity contribution is 6.99. The maximum absolute atomic E-state index is 6.95. The van der Waals surface area contributed by atoms with Gasteiger partial charge in [0, 0.05) is 50.5 Å². The summed E-state index contributed by atoms with van der Waals surface area (Å²) in [7, 11) is 0. The third-order valence-electron chi connectivity index (χ3n) is 12.1. The fourth-order valence-corrected chi connectivity index (χ4v) is 9.95. The third-order valence-corrected chi connectivity index (χ3v) is 12.1. The van der Waals surface area contributed by atoms with Gasteiger partial charge in [-0.1, -0.05) is 78.9 Å². The summed E-state index contributed by atoms with van der Waals surface area (Å²) < 4.78 is 36.3. The first-order valence-electron chi connectivity index (χ1n) is 18.3. The molecule has 9 aromatic rings. The van der Waals surface area contributed by atoms with E-state index in [9.17, 15) is 0 Å². The lowest BCUT2D eigenvalue weighted by atomic mass is 9.34. The van der Waals surface area contributed by atoms with Crippen LogP contribution in [0.4, 0.5) is 11.4 Å². The van der Waals surface area contributed by atoms with Crippen LogP contribution >= 0.6 is 0 Å². The molecule has 2 aromatic heterocycles. The molecule has 0 fully saturated rings. The fraction of sp³-hybridized carbons (Fsp3) is 0.0435. The SMILES string of the molecule is c1ccc2c(c1)OC1C2c2ccccc2N1c1cc2c3c(c1)Oc1ccc(-n4c5ccccc5c5c6ccccc6oc54)c4c1B3c1c(cccc1O4)O2. The molecule has 5 aliphatic rings. The van der Waals surface area contributed by atoms with Crippen molar-refractivity contribution in [3.8, 4) is 45.9 Å². The minimum Gasteiger partial charge on any atom is -0.469 e. The van der Waals surface area contributed by atoms with Gasteiger partial charge in [-0.05, 0) is 54.1 Å². The lowest BCUT2D eigenvalue weighted by molar-refractivity contribution is 0.234. The molecule has 0 saturated heterocycles. The minimum atomic E-state index is -0.230. The van der Waals surface area contributed by atoms with Gasteiger partial charge in [0.1, 0.15) is 40.1 Å². The Labute approximate surface area is 308 Å². The van der Waals surface area contributed by atoms with Crippen LogP contribution in [0.1, 0.15) is 17.0 Å². The van der Waals surface area contributed by atoms with Crippen molar-refractivity contribution in [2.45, 2.75) is 12.1 Å². The standard InChI is InChI=1S/C46H25BN2O5/c1-5-14-29-25(10-1)39-27-12-3-7-16-32(27)53-45(39)48(29)24-22-37-42-38(23-24)51-36-21-20-31(44-43(36)47(42)41-34(50-37)18-9-19-35(41)52-44)49-30-15-6-2-11-26(30)40-28-13-4-8-17-33(28)54-46(40)49/h1-23,39,45H. The van der Waals surface area contributed by atoms with Crippen LogP contribution in [0.2, 0.25) is 0 Å². The maximum atomic E-state index is 6.95. The Morgan fingerprint density at radius 1 is 0.519 bits per heavy atom. The highest BCUT2D eigenvalue weighted by atomic mass is 16.5. The Hall–Kier alpha value is -7.06. The number of nitrogens with zero attached hydrogens (tertiary/aromatic N) is 2. The number of benzene rings is 7. The lowest BCUT2D eigenvalue weighted by Gasteiger charge is -2.39. The quantitative estimate of drug-likeness (QED) is 0.168. The molecular weight excluding hydrogens is 671 g/mol. The van der Waals surface area contributed by atoms with Gasteiger partial charge in [0.15, 0.2) is 12.0 Å². The summed E-state index contributed by atoms with van der Waals surface area (Å²) in [6, 6.07) is 48.3. The van der Waals surface area contributed by atoms with Crippen molar-refractivity contribution in [1.29, 1.82) is 0 Å². The number of rotatable bonds is 2. The molecule has 2 atom stereocenters. The van der Waals surface area contributed by atoms with Crippen LogP contribution in [0.5, 0.6) is 40.2 Å². The van der Waals surface area contributed by atoms with E-state index in [1.807, 2.05) is 36.4 Å². The second kappa shape index (κ2) is 9.48. The van der Waals surface area contributed by atoms with Gasteiger partial charge >= 0.3 is 0 Å². The van der Waals surface area contributed by atoms with E-state index in [2.05, 4.69) is 113 Å². The van der Waals surface area contributed by atoms with Gasteiger partial charge in [0.2, 0.25) is 5.71 Å². The molecule has 7 heterocycles. The van der Waals surface area contributed by atoms with Crippen LogP contribution < -0.4 is 40.2 Å². The topological polar surface area (TPSA) is 58.2 Å². The van der Waals surface area contributed by atoms with Gasteiger partial charge in [0.25, 0.3) is 6.71 Å². The molecule has 252 valence electrons.